The number of nitrogens with one attached hydrogen (secondary N) is 2. The van der Waals surface area contributed by atoms with E-state index in [4.69, 9.17) is 0 Å². The molecule has 2 aromatic carbocycles. The van der Waals surface area contributed by atoms with Crippen LogP contribution in [0.15, 0.2) is 60.4 Å². The van der Waals surface area contributed by atoms with Gasteiger partial charge in [-0.15, -0.1) is 16.4 Å². The Hall–Kier alpha value is -3.89. The Morgan fingerprint density at radius 3 is 3.03 bits per heavy atom. The molecular formula is C26H24FN7OS. The molecule has 6 rings (SSSR count). The summed E-state index contributed by atoms with van der Waals surface area (Å²) in [7, 11) is 0. The standard InChI is InChI=1S/C26H24FN7OS/c1-16-2-4-19(11-21(16)27)34-13-20-24(32-34)30-15-31-25(20)33-8-7-28-22(14-33)26(35)29-12-17-3-5-23-18(10-17)6-9-36-23/h2-6,9-11,13,15,22,28H,7-8,12,14H2,1H3,(H,29,35)/t22-/m1/s1. The van der Waals surface area contributed by atoms with E-state index in [1.165, 1.54) is 22.5 Å². The second-order valence-corrected chi connectivity index (χ2v) is 9.85. The average Bonchev–Trinajstić information content (AvgIpc) is 3.55. The van der Waals surface area contributed by atoms with Crippen molar-refractivity contribution < 1.29 is 9.18 Å². The minimum absolute atomic E-state index is 0.0544. The first-order valence-electron chi connectivity index (χ1n) is 11.7. The zero-order valence-electron chi connectivity index (χ0n) is 19.6. The van der Waals surface area contributed by atoms with Crippen molar-refractivity contribution in [3.05, 3.63) is 77.3 Å². The first kappa shape index (κ1) is 22.6. The maximum absolute atomic E-state index is 14.1. The third-order valence-electron chi connectivity index (χ3n) is 6.49. The van der Waals surface area contributed by atoms with E-state index in [9.17, 15) is 9.18 Å². The maximum Gasteiger partial charge on any atom is 0.239 e. The van der Waals surface area contributed by atoms with Gasteiger partial charge in [0.25, 0.3) is 0 Å². The van der Waals surface area contributed by atoms with Crippen LogP contribution in [-0.4, -0.2) is 51.3 Å². The number of anilines is 1. The molecule has 0 unspecified atom stereocenters. The van der Waals surface area contributed by atoms with Crippen molar-refractivity contribution in [2.45, 2.75) is 19.5 Å². The number of hydrogen-bond donors (Lipinski definition) is 2. The van der Waals surface area contributed by atoms with E-state index < -0.39 is 0 Å². The molecule has 1 aliphatic rings. The van der Waals surface area contributed by atoms with E-state index in [2.05, 4.69) is 60.2 Å². The number of hydrogen-bond acceptors (Lipinski definition) is 7. The zero-order valence-corrected chi connectivity index (χ0v) is 20.4. The molecule has 4 heterocycles. The third-order valence-corrected chi connectivity index (χ3v) is 7.39. The highest BCUT2D eigenvalue weighted by molar-refractivity contribution is 7.17. The van der Waals surface area contributed by atoms with Crippen molar-refractivity contribution in [3.8, 4) is 5.69 Å². The second kappa shape index (κ2) is 9.29. The Bertz CT molecular complexity index is 1580. The highest BCUT2D eigenvalue weighted by Gasteiger charge is 2.27. The number of piperazine rings is 1. The van der Waals surface area contributed by atoms with Crippen LogP contribution in [0.1, 0.15) is 11.1 Å². The van der Waals surface area contributed by atoms with Gasteiger partial charge in [-0.3, -0.25) is 4.79 Å². The van der Waals surface area contributed by atoms with Gasteiger partial charge in [-0.1, -0.05) is 12.1 Å². The number of carbonyl (C=O) groups is 1. The summed E-state index contributed by atoms with van der Waals surface area (Å²) in [5.74, 6) is 0.367. The molecule has 36 heavy (non-hydrogen) atoms. The van der Waals surface area contributed by atoms with Gasteiger partial charge in [-0.25, -0.2) is 19.0 Å². The number of amides is 1. The molecule has 0 saturated carbocycles. The van der Waals surface area contributed by atoms with Crippen LogP contribution < -0.4 is 15.5 Å². The van der Waals surface area contributed by atoms with E-state index in [0.29, 0.717) is 48.9 Å². The van der Waals surface area contributed by atoms with Crippen molar-refractivity contribution in [1.29, 1.82) is 0 Å². The van der Waals surface area contributed by atoms with Crippen LogP contribution in [0.25, 0.3) is 26.8 Å². The molecule has 1 amide bonds. The number of fused-ring (bicyclic) bond motifs is 2. The minimum atomic E-state index is -0.380. The van der Waals surface area contributed by atoms with Gasteiger partial charge in [0.15, 0.2) is 5.65 Å². The van der Waals surface area contributed by atoms with E-state index in [-0.39, 0.29) is 17.8 Å². The highest BCUT2D eigenvalue weighted by Crippen LogP contribution is 2.25. The van der Waals surface area contributed by atoms with Crippen LogP contribution in [-0.2, 0) is 11.3 Å². The number of aromatic nitrogens is 4. The molecule has 5 aromatic rings. The smallest absolute Gasteiger partial charge is 0.239 e. The molecule has 1 saturated heterocycles. The number of aryl methyl sites for hydroxylation is 1. The molecule has 2 N–H and O–H groups in total. The molecule has 3 aromatic heterocycles. The summed E-state index contributed by atoms with van der Waals surface area (Å²) >= 11 is 1.71. The molecule has 0 bridgehead atoms. The summed E-state index contributed by atoms with van der Waals surface area (Å²) in [6, 6.07) is 13.0. The monoisotopic (exact) mass is 501 g/mol. The number of benzene rings is 2. The summed E-state index contributed by atoms with van der Waals surface area (Å²) in [5.41, 5.74) is 2.78. The molecule has 10 heteroatoms. The van der Waals surface area contributed by atoms with Gasteiger partial charge < -0.3 is 15.5 Å². The van der Waals surface area contributed by atoms with Crippen LogP contribution in [0, 0.1) is 12.7 Å². The summed E-state index contributed by atoms with van der Waals surface area (Å²) in [6.45, 7) is 3.99. The number of carbonyl (C=O) groups excluding carboxylic acids is 1. The van der Waals surface area contributed by atoms with Gasteiger partial charge in [-0.05, 0) is 59.1 Å². The fourth-order valence-electron chi connectivity index (χ4n) is 4.49. The Balaban J connectivity index is 1.19. The Morgan fingerprint density at radius 2 is 2.14 bits per heavy atom. The largest absolute Gasteiger partial charge is 0.353 e. The Labute approximate surface area is 210 Å². The topological polar surface area (TPSA) is 88.0 Å². The van der Waals surface area contributed by atoms with Gasteiger partial charge in [0.2, 0.25) is 5.91 Å². The van der Waals surface area contributed by atoms with Crippen LogP contribution in [0.5, 0.6) is 0 Å². The number of rotatable bonds is 5. The lowest BCUT2D eigenvalue weighted by atomic mass is 10.1. The molecule has 1 atom stereocenters. The average molecular weight is 502 g/mol. The molecule has 1 fully saturated rings. The van der Waals surface area contributed by atoms with Crippen LogP contribution in [0.3, 0.4) is 0 Å². The predicted octanol–water partition coefficient (Wildman–Crippen LogP) is 3.57. The minimum Gasteiger partial charge on any atom is -0.353 e. The molecule has 8 nitrogen and oxygen atoms in total. The zero-order chi connectivity index (χ0) is 24.6. The van der Waals surface area contributed by atoms with Crippen molar-refractivity contribution in [3.63, 3.8) is 0 Å². The van der Waals surface area contributed by atoms with Crippen LogP contribution >= 0.6 is 11.3 Å². The third kappa shape index (κ3) is 4.29. The number of halogens is 1. The van der Waals surface area contributed by atoms with Crippen LogP contribution in [0.2, 0.25) is 0 Å². The van der Waals surface area contributed by atoms with Gasteiger partial charge in [0.05, 0.1) is 11.1 Å². The normalized spacial score (nSPS) is 16.1. The highest BCUT2D eigenvalue weighted by atomic mass is 32.1. The first-order chi connectivity index (χ1) is 17.5. The van der Waals surface area contributed by atoms with Gasteiger partial charge >= 0.3 is 0 Å². The molecule has 0 spiro atoms. The maximum atomic E-state index is 14.1. The Kier molecular flexibility index (Phi) is 5.82. The van der Waals surface area contributed by atoms with E-state index in [1.54, 1.807) is 29.0 Å². The quantitative estimate of drug-likeness (QED) is 0.383. The van der Waals surface area contributed by atoms with E-state index >= 15 is 0 Å². The fraction of sp³-hybridized carbons (Fsp3) is 0.231. The van der Waals surface area contributed by atoms with Crippen molar-refractivity contribution in [1.82, 2.24) is 30.4 Å². The molecule has 0 radical (unpaired) electrons. The number of thiophene rings is 1. The van der Waals surface area contributed by atoms with Crippen molar-refractivity contribution >= 4 is 44.2 Å². The number of nitrogens with zero attached hydrogens (tertiary/aromatic N) is 5. The van der Waals surface area contributed by atoms with Gasteiger partial charge in [0.1, 0.15) is 24.0 Å². The van der Waals surface area contributed by atoms with Gasteiger partial charge in [0, 0.05) is 37.1 Å². The lowest BCUT2D eigenvalue weighted by molar-refractivity contribution is -0.123. The molecule has 0 aliphatic carbocycles. The molecule has 182 valence electrons. The van der Waals surface area contributed by atoms with Crippen LogP contribution in [0.4, 0.5) is 10.2 Å². The first-order valence-corrected chi connectivity index (χ1v) is 12.6. The van der Waals surface area contributed by atoms with E-state index in [1.807, 2.05) is 12.3 Å². The summed E-state index contributed by atoms with van der Waals surface area (Å²) in [6.07, 6.45) is 3.29. The fourth-order valence-corrected chi connectivity index (χ4v) is 5.26. The molecular weight excluding hydrogens is 477 g/mol. The van der Waals surface area contributed by atoms with E-state index in [0.717, 1.165) is 10.9 Å². The lowest BCUT2D eigenvalue weighted by Crippen LogP contribution is -2.57. The summed E-state index contributed by atoms with van der Waals surface area (Å²) in [4.78, 5) is 23.9. The summed E-state index contributed by atoms with van der Waals surface area (Å²) < 4.78 is 17.0. The lowest BCUT2D eigenvalue weighted by Gasteiger charge is -2.33. The van der Waals surface area contributed by atoms with Gasteiger partial charge in [-0.2, -0.15) is 0 Å². The molecule has 1 aliphatic heterocycles. The summed E-state index contributed by atoms with van der Waals surface area (Å²) in [5, 5.41) is 14.9. The van der Waals surface area contributed by atoms with Crippen molar-refractivity contribution in [2.75, 3.05) is 24.5 Å². The van der Waals surface area contributed by atoms with Crippen molar-refractivity contribution in [2.24, 2.45) is 0 Å². The Morgan fingerprint density at radius 1 is 1.22 bits per heavy atom. The second-order valence-electron chi connectivity index (χ2n) is 8.91. The predicted molar refractivity (Wildman–Crippen MR) is 139 cm³/mol. The SMILES string of the molecule is Cc1ccc(-n2cc3c(N4CCN[C@@H](C(=O)NCc5ccc6sccc6c5)C4)ncnc3n2)cc1F.